The maximum Gasteiger partial charge on any atom is 0.327 e. The van der Waals surface area contributed by atoms with Crippen molar-refractivity contribution in [3.8, 4) is 0 Å². The third kappa shape index (κ3) is 6.99. The lowest BCUT2D eigenvalue weighted by Gasteiger charge is -2.30. The third-order valence-electron chi connectivity index (χ3n) is 8.55. The quantitative estimate of drug-likeness (QED) is 0.323. The van der Waals surface area contributed by atoms with Crippen LogP contribution in [0.25, 0.3) is 10.9 Å². The Morgan fingerprint density at radius 1 is 1.05 bits per heavy atom. The van der Waals surface area contributed by atoms with Gasteiger partial charge in [0.2, 0.25) is 5.91 Å². The molecule has 1 aliphatic heterocycles. The largest absolute Gasteiger partial charge is 0.380 e. The van der Waals surface area contributed by atoms with Crippen molar-refractivity contribution in [2.24, 2.45) is 18.9 Å². The molecule has 10 nitrogen and oxygen atoms in total. The molecule has 0 radical (unpaired) electrons. The lowest BCUT2D eigenvalue weighted by Crippen LogP contribution is -2.40. The molecule has 1 aliphatic carbocycles. The third-order valence-corrected chi connectivity index (χ3v) is 9.21. The molecule has 0 spiro atoms. The molecule has 5 rings (SSSR count). The van der Waals surface area contributed by atoms with E-state index in [0.29, 0.717) is 54.3 Å². The Morgan fingerprint density at radius 3 is 2.51 bits per heavy atom. The first-order valence-corrected chi connectivity index (χ1v) is 15.1. The number of fused-ring (bicyclic) bond motifs is 1. The number of amides is 2. The van der Waals surface area contributed by atoms with E-state index in [4.69, 9.17) is 38.6 Å². The molecule has 2 aromatic carbocycles. The van der Waals surface area contributed by atoms with Crippen LogP contribution >= 0.6 is 23.2 Å². The molecule has 2 atom stereocenters. The normalized spacial score (nSPS) is 22.1. The molecule has 0 unspecified atom stereocenters. The van der Waals surface area contributed by atoms with Crippen molar-refractivity contribution in [1.29, 1.82) is 0 Å². The smallest absolute Gasteiger partial charge is 0.327 e. The van der Waals surface area contributed by atoms with Crippen molar-refractivity contribution in [3.05, 3.63) is 63.8 Å². The Morgan fingerprint density at radius 2 is 1.79 bits per heavy atom. The number of methoxy groups -OCH3 is 1. The maximum absolute atomic E-state index is 13.5. The van der Waals surface area contributed by atoms with Gasteiger partial charge in [-0.15, -0.1) is 0 Å². The molecule has 2 aliphatic rings. The van der Waals surface area contributed by atoms with Gasteiger partial charge in [0.05, 0.1) is 53.5 Å². The summed E-state index contributed by atoms with van der Waals surface area (Å²) in [5.41, 5.74) is 2.38. The van der Waals surface area contributed by atoms with Crippen LogP contribution in [-0.4, -0.2) is 65.8 Å². The van der Waals surface area contributed by atoms with E-state index < -0.39 is 0 Å². The second-order valence-corrected chi connectivity index (χ2v) is 12.1. The summed E-state index contributed by atoms with van der Waals surface area (Å²) in [7, 11) is 3.52. The van der Waals surface area contributed by atoms with Crippen LogP contribution in [0.1, 0.15) is 48.0 Å². The first kappa shape index (κ1) is 31.3. The molecule has 12 heteroatoms. The van der Waals surface area contributed by atoms with E-state index in [2.05, 4.69) is 10.2 Å². The summed E-state index contributed by atoms with van der Waals surface area (Å²) < 4.78 is 13.7. The number of benzene rings is 2. The Kier molecular flexibility index (Phi) is 9.93. The highest BCUT2D eigenvalue weighted by atomic mass is 35.5. The number of nitrogens with zero attached hydrogens (tertiary/aromatic N) is 2. The number of aromatic nitrogens is 1. The topological polar surface area (TPSA) is 125 Å². The number of aryl methyl sites for hydroxylation is 1. The van der Waals surface area contributed by atoms with Crippen LogP contribution in [0.2, 0.25) is 10.0 Å². The SMILES string of the molecule is CO[C@H]1C[C@@H](COC2CCC(C(=O)ON)CC2)N(C(=O)Cc2cc(Cl)c(NC(=O)c3cn(C)c4ccccc34)cc2Cl)C1. The first-order valence-electron chi connectivity index (χ1n) is 14.4. The number of anilines is 1. The molecule has 3 aromatic rings. The summed E-state index contributed by atoms with van der Waals surface area (Å²) in [5, 5.41) is 4.30. The summed E-state index contributed by atoms with van der Waals surface area (Å²) in [6.45, 7) is 0.818. The number of hydrogen-bond donors (Lipinski definition) is 2. The van der Waals surface area contributed by atoms with E-state index in [1.807, 2.05) is 35.9 Å². The fourth-order valence-corrected chi connectivity index (χ4v) is 6.58. The Labute approximate surface area is 260 Å². The first-order chi connectivity index (χ1) is 20.7. The number of hydrogen-bond acceptors (Lipinski definition) is 7. The van der Waals surface area contributed by atoms with Crippen molar-refractivity contribution in [2.45, 2.75) is 56.8 Å². The number of likely N-dealkylation sites (tertiary alicyclic amines) is 1. The molecular formula is C31H36Cl2N4O6. The van der Waals surface area contributed by atoms with E-state index in [0.717, 1.165) is 23.7 Å². The number of nitrogens with two attached hydrogens (primary N) is 1. The van der Waals surface area contributed by atoms with Gasteiger partial charge in [0.1, 0.15) is 0 Å². The van der Waals surface area contributed by atoms with Crippen LogP contribution in [0.15, 0.2) is 42.6 Å². The minimum atomic E-state index is -0.382. The molecule has 2 fully saturated rings. The van der Waals surface area contributed by atoms with E-state index >= 15 is 0 Å². The lowest BCUT2D eigenvalue weighted by molar-refractivity contribution is -0.151. The van der Waals surface area contributed by atoms with Crippen molar-refractivity contribution >= 4 is 57.6 Å². The molecule has 1 saturated heterocycles. The lowest BCUT2D eigenvalue weighted by atomic mass is 9.87. The zero-order valence-electron chi connectivity index (χ0n) is 24.2. The van der Waals surface area contributed by atoms with Crippen LogP contribution < -0.4 is 11.2 Å². The van der Waals surface area contributed by atoms with Crippen LogP contribution in [0.3, 0.4) is 0 Å². The average Bonchev–Trinajstić information content (AvgIpc) is 3.59. The predicted octanol–water partition coefficient (Wildman–Crippen LogP) is 4.89. The Hall–Kier alpha value is -3.15. The predicted molar refractivity (Wildman–Crippen MR) is 164 cm³/mol. The van der Waals surface area contributed by atoms with Crippen molar-refractivity contribution < 1.29 is 28.7 Å². The molecule has 230 valence electrons. The fraction of sp³-hybridized carbons (Fsp3) is 0.452. The van der Waals surface area contributed by atoms with Gasteiger partial charge in [-0.3, -0.25) is 14.4 Å². The maximum atomic E-state index is 13.5. The second kappa shape index (κ2) is 13.7. The van der Waals surface area contributed by atoms with E-state index in [-0.39, 0.29) is 53.4 Å². The molecule has 1 aromatic heterocycles. The van der Waals surface area contributed by atoms with Gasteiger partial charge >= 0.3 is 5.97 Å². The van der Waals surface area contributed by atoms with Crippen molar-refractivity contribution in [1.82, 2.24) is 9.47 Å². The van der Waals surface area contributed by atoms with E-state index in [9.17, 15) is 14.4 Å². The minimum Gasteiger partial charge on any atom is -0.380 e. The number of carbonyl (C=O) groups is 3. The molecule has 2 heterocycles. The van der Waals surface area contributed by atoms with Gasteiger partial charge in [0.25, 0.3) is 5.91 Å². The van der Waals surface area contributed by atoms with E-state index in [1.165, 1.54) is 0 Å². The zero-order valence-corrected chi connectivity index (χ0v) is 25.7. The number of ether oxygens (including phenoxy) is 2. The highest BCUT2D eigenvalue weighted by molar-refractivity contribution is 6.36. The molecule has 0 bridgehead atoms. The number of halogens is 2. The molecule has 43 heavy (non-hydrogen) atoms. The van der Waals surface area contributed by atoms with Crippen molar-refractivity contribution in [2.75, 3.05) is 25.6 Å². The summed E-state index contributed by atoms with van der Waals surface area (Å²) >= 11 is 13.2. The van der Waals surface area contributed by atoms with Gasteiger partial charge in [0, 0.05) is 42.8 Å². The monoisotopic (exact) mass is 630 g/mol. The van der Waals surface area contributed by atoms with E-state index in [1.54, 1.807) is 30.3 Å². The molecular weight excluding hydrogens is 595 g/mol. The number of para-hydroxylation sites is 1. The minimum absolute atomic E-state index is 0.00486. The second-order valence-electron chi connectivity index (χ2n) is 11.3. The summed E-state index contributed by atoms with van der Waals surface area (Å²) in [6, 6.07) is 10.7. The number of rotatable bonds is 9. The van der Waals surface area contributed by atoms with Crippen LogP contribution in [0.4, 0.5) is 5.69 Å². The van der Waals surface area contributed by atoms with Gasteiger partial charge < -0.3 is 29.1 Å². The van der Waals surface area contributed by atoms with Gasteiger partial charge in [-0.2, -0.15) is 5.90 Å². The van der Waals surface area contributed by atoms with Gasteiger partial charge in [-0.1, -0.05) is 41.4 Å². The number of carbonyl (C=O) groups excluding carboxylic acids is 3. The van der Waals surface area contributed by atoms with Crippen LogP contribution in [0.5, 0.6) is 0 Å². The molecule has 2 amide bonds. The van der Waals surface area contributed by atoms with Crippen LogP contribution in [-0.2, 0) is 37.4 Å². The van der Waals surface area contributed by atoms with Gasteiger partial charge in [0.15, 0.2) is 0 Å². The Bertz CT molecular complexity index is 1500. The van der Waals surface area contributed by atoms with Gasteiger partial charge in [-0.25, -0.2) is 0 Å². The highest BCUT2D eigenvalue weighted by Gasteiger charge is 2.37. The summed E-state index contributed by atoms with van der Waals surface area (Å²) in [5.74, 6) is 4.02. The zero-order chi connectivity index (χ0) is 30.7. The Balaban J connectivity index is 1.22. The summed E-state index contributed by atoms with van der Waals surface area (Å²) in [6.07, 6.45) is 5.15. The molecule has 3 N–H and O–H groups in total. The summed E-state index contributed by atoms with van der Waals surface area (Å²) in [4.78, 5) is 44.5. The van der Waals surface area contributed by atoms with Crippen molar-refractivity contribution in [3.63, 3.8) is 0 Å². The van der Waals surface area contributed by atoms with Gasteiger partial charge in [-0.05, 0) is 55.9 Å². The van der Waals surface area contributed by atoms with Crippen LogP contribution in [0, 0.1) is 5.92 Å². The highest BCUT2D eigenvalue weighted by Crippen LogP contribution is 2.33. The standard InChI is InChI=1S/C31H36Cl2N4O6/c1-36-16-24(23-5-3-4-6-28(23)36)30(39)35-27-14-25(32)19(11-26(27)33)12-29(38)37-15-22(41-2)13-20(37)17-42-21-9-7-18(8-10-21)31(40)43-34/h3-6,11,14,16,18,20-22H,7-10,12-13,15,17,34H2,1-2H3,(H,35,39)/t18?,20-,21?,22-/m0/s1. The fourth-order valence-electron chi connectivity index (χ4n) is 6.11. The average molecular weight is 632 g/mol. The number of nitrogens with one attached hydrogen (secondary N) is 1. The molecule has 1 saturated carbocycles.